The maximum Gasteiger partial charge on any atom is 0.329 e. The van der Waals surface area contributed by atoms with Crippen LogP contribution in [0.5, 0.6) is 0 Å². The molecule has 2 saturated carbocycles. The predicted molar refractivity (Wildman–Crippen MR) is 283 cm³/mol. The van der Waals surface area contributed by atoms with Crippen molar-refractivity contribution in [1.29, 1.82) is 0 Å². The molecule has 7 rings (SSSR count). The minimum Gasteiger partial charge on any atom is -0.458 e. The third-order valence-electron chi connectivity index (χ3n) is 15.4. The Hall–Kier alpha value is -7.89. The maximum absolute atomic E-state index is 15.2. The molecule has 0 unspecified atom stereocenters. The number of carbonyl (C=O) groups excluding carboxylic acids is 8. The first-order valence-corrected chi connectivity index (χ1v) is 26.8. The summed E-state index contributed by atoms with van der Waals surface area (Å²) in [6.07, 6.45) is 1.48. The van der Waals surface area contributed by atoms with E-state index in [-0.39, 0.29) is 43.8 Å². The minimum absolute atomic E-state index is 0.00537. The summed E-state index contributed by atoms with van der Waals surface area (Å²) in [4.78, 5) is 142. The Morgan fingerprint density at radius 2 is 1.32 bits per heavy atom. The molecule has 0 spiro atoms. The van der Waals surface area contributed by atoms with Crippen molar-refractivity contribution >= 4 is 58.9 Å². The molecule has 2 saturated heterocycles. The van der Waals surface area contributed by atoms with Gasteiger partial charge in [-0.25, -0.2) is 4.79 Å². The van der Waals surface area contributed by atoms with Crippen LogP contribution in [0.1, 0.15) is 107 Å². The molecule has 2 aromatic carbocycles. The van der Waals surface area contributed by atoms with Crippen LogP contribution in [0.15, 0.2) is 84.9 Å². The van der Waals surface area contributed by atoms with Crippen LogP contribution in [0.2, 0.25) is 5.15 Å². The first kappa shape index (κ1) is 58.8. The zero-order valence-corrected chi connectivity index (χ0v) is 45.2. The van der Waals surface area contributed by atoms with Crippen LogP contribution >= 0.6 is 11.6 Å². The number of rotatable bonds is 16. The summed E-state index contributed by atoms with van der Waals surface area (Å²) >= 11 is 5.98. The van der Waals surface area contributed by atoms with Gasteiger partial charge >= 0.3 is 5.97 Å². The van der Waals surface area contributed by atoms with E-state index in [2.05, 4.69) is 31.9 Å². The molecule has 7 N–H and O–H groups in total. The molecule has 4 aliphatic rings. The molecule has 24 nitrogen and oxygen atoms in total. The molecule has 0 bridgehead atoms. The van der Waals surface area contributed by atoms with Crippen LogP contribution in [-0.2, 0) is 38.3 Å². The molecule has 424 valence electrons. The van der Waals surface area contributed by atoms with Gasteiger partial charge in [0.15, 0.2) is 0 Å². The van der Waals surface area contributed by atoms with Crippen LogP contribution in [0.3, 0.4) is 0 Å². The quantitative estimate of drug-likeness (QED) is 0.0357. The van der Waals surface area contributed by atoms with E-state index in [1.54, 1.807) is 107 Å². The number of esters is 1. The first-order chi connectivity index (χ1) is 37.5. The van der Waals surface area contributed by atoms with Gasteiger partial charge in [-0.3, -0.25) is 53.8 Å². The van der Waals surface area contributed by atoms with Gasteiger partial charge in [0.1, 0.15) is 59.2 Å². The van der Waals surface area contributed by atoms with Gasteiger partial charge in [0, 0.05) is 52.9 Å². The fourth-order valence-electron chi connectivity index (χ4n) is 10.5. The maximum atomic E-state index is 15.2. The third-order valence-corrected chi connectivity index (χ3v) is 15.7. The number of nitro groups is 2. The Balaban J connectivity index is 1.32. The van der Waals surface area contributed by atoms with Crippen LogP contribution in [0.4, 0.5) is 0 Å². The number of benzene rings is 2. The number of nitrogens with zero attached hydrogens (tertiary/aromatic N) is 4. The van der Waals surface area contributed by atoms with Gasteiger partial charge in [0.05, 0.1) is 0 Å². The Morgan fingerprint density at radius 1 is 0.772 bits per heavy atom. The standard InChI is InChI=1S/C54H67ClN10O14/c1-7-14-31-21-41-54(73)79-30(6)46(61-48(67)36(22-34-24-39(34)64(75)76)56-49(68)38-19-20-42(55)63(38)74)52(71)60-44(28(4)32-15-10-8-11-16-32)50(69)57-37(23-35-25-40(35)65(77)78)47(66)59-45(29(5)33-17-12-9-13-18-33)51(70)58-43(27(2)3)53(72)62(41)26-31/h7-20,27-31,34-37,39-41,43-46,74H,21-26H2,1-6H3,(H,56,68)(H,57,69)(H,58,70)(H,59,66)(H,60,71)(H,61,67)/b14-7-/t28-,29-,30-,31+,34-,35-,36+,37-,39-,40-,41+,43+,44+,45+,46-/m1/s1. The molecule has 2 aliphatic carbocycles. The van der Waals surface area contributed by atoms with E-state index in [0.29, 0.717) is 15.9 Å². The van der Waals surface area contributed by atoms with Crippen molar-refractivity contribution in [1.82, 2.24) is 41.5 Å². The van der Waals surface area contributed by atoms with Gasteiger partial charge in [-0.05, 0) is 68.2 Å². The van der Waals surface area contributed by atoms with Crippen molar-refractivity contribution in [3.05, 3.63) is 127 Å². The number of nitrogens with one attached hydrogen (secondary N) is 6. The monoisotopic (exact) mass is 1110 g/mol. The zero-order valence-electron chi connectivity index (χ0n) is 44.5. The number of allylic oxidation sites excluding steroid dienone is 1. The molecule has 15 atom stereocenters. The Kier molecular flexibility index (Phi) is 18.8. The number of carbonyl (C=O) groups is 8. The molecule has 1 aromatic heterocycles. The van der Waals surface area contributed by atoms with Gasteiger partial charge in [0.25, 0.3) is 5.91 Å². The highest BCUT2D eigenvalue weighted by molar-refractivity contribution is 6.30. The summed E-state index contributed by atoms with van der Waals surface area (Å²) < 4.78 is 6.40. The zero-order chi connectivity index (χ0) is 57.6. The molecule has 4 fully saturated rings. The van der Waals surface area contributed by atoms with Gasteiger partial charge in [-0.1, -0.05) is 112 Å². The van der Waals surface area contributed by atoms with Crippen LogP contribution in [-0.4, -0.2) is 139 Å². The summed E-state index contributed by atoms with van der Waals surface area (Å²) in [6.45, 7) is 9.67. The second kappa shape index (κ2) is 25.3. The smallest absolute Gasteiger partial charge is 0.329 e. The summed E-state index contributed by atoms with van der Waals surface area (Å²) in [5.41, 5.74) is 0.716. The van der Waals surface area contributed by atoms with Crippen molar-refractivity contribution < 1.29 is 58.1 Å². The number of halogens is 1. The number of fused-ring (bicyclic) bond motifs is 1. The molecule has 2 aliphatic heterocycles. The topological polar surface area (TPSA) is 333 Å². The van der Waals surface area contributed by atoms with E-state index < -0.39 is 159 Å². The van der Waals surface area contributed by atoms with Crippen LogP contribution < -0.4 is 31.9 Å². The van der Waals surface area contributed by atoms with Crippen molar-refractivity contribution in [2.24, 2.45) is 23.7 Å². The van der Waals surface area contributed by atoms with Crippen molar-refractivity contribution in [3.8, 4) is 0 Å². The highest BCUT2D eigenvalue weighted by Gasteiger charge is 2.52. The Morgan fingerprint density at radius 3 is 1.84 bits per heavy atom. The van der Waals surface area contributed by atoms with Gasteiger partial charge in [-0.15, -0.1) is 0 Å². The lowest BCUT2D eigenvalue weighted by Gasteiger charge is -2.33. The molecule has 7 amide bonds. The van der Waals surface area contributed by atoms with E-state index in [9.17, 15) is 54.2 Å². The van der Waals surface area contributed by atoms with E-state index >= 15 is 9.59 Å². The van der Waals surface area contributed by atoms with Crippen LogP contribution in [0, 0.1) is 43.9 Å². The van der Waals surface area contributed by atoms with Crippen LogP contribution in [0.25, 0.3) is 0 Å². The largest absolute Gasteiger partial charge is 0.458 e. The highest BCUT2D eigenvalue weighted by atomic mass is 35.5. The van der Waals surface area contributed by atoms with Gasteiger partial charge < -0.3 is 46.7 Å². The number of amides is 7. The average Bonchev–Trinajstić information content (AvgIpc) is 4.42. The van der Waals surface area contributed by atoms with Crippen molar-refractivity contribution in [3.63, 3.8) is 0 Å². The molecule has 0 radical (unpaired) electrons. The lowest BCUT2D eigenvalue weighted by molar-refractivity contribution is -0.498. The molecular weight excluding hydrogens is 1050 g/mol. The Labute approximate surface area is 460 Å². The lowest BCUT2D eigenvalue weighted by Crippen LogP contribution is -2.62. The van der Waals surface area contributed by atoms with Crippen molar-refractivity contribution in [2.75, 3.05) is 6.54 Å². The molecule has 79 heavy (non-hydrogen) atoms. The summed E-state index contributed by atoms with van der Waals surface area (Å²) in [6, 6.07) is 6.64. The van der Waals surface area contributed by atoms with E-state index in [4.69, 9.17) is 16.3 Å². The SMILES string of the molecule is C/C=C\[C@H]1C[C@H]2C(=O)O[C@H](C)[C@@H](NC(=O)[C@H](C[C@@H]3C[C@H]3[N+](=O)[O-])NC(=O)c3ccc(Cl)n3O)C(=O)N[C@@H]([C@H](C)c3ccccc3)C(=O)N[C@H](C[C@@H]3C[C@H]3[N+](=O)[O-])C(=O)N[C@@H]([C@H](C)c3ccccc3)C(=O)N[C@@H](C(C)C)C(=O)N2C1. The second-order valence-electron chi connectivity index (χ2n) is 21.4. The summed E-state index contributed by atoms with van der Waals surface area (Å²) in [7, 11) is 0. The lowest BCUT2D eigenvalue weighted by atomic mass is 9.91. The summed E-state index contributed by atoms with van der Waals surface area (Å²) in [5, 5.41) is 50.0. The fraction of sp³-hybridized carbons (Fsp3) is 0.519. The molecule has 3 aromatic rings. The molecule has 3 heterocycles. The normalized spacial score (nSPS) is 29.0. The van der Waals surface area contributed by atoms with E-state index in [1.807, 2.05) is 0 Å². The number of hydrogen-bond acceptors (Lipinski definition) is 14. The van der Waals surface area contributed by atoms with Gasteiger partial charge in [0.2, 0.25) is 47.5 Å². The molecular formula is C54H67ClN10O14. The average molecular weight is 1120 g/mol. The van der Waals surface area contributed by atoms with Gasteiger partial charge in [-0.2, -0.15) is 4.73 Å². The number of cyclic esters (lactones) is 1. The number of hydrogen-bond donors (Lipinski definition) is 7. The number of ether oxygens (including phenoxy) is 1. The first-order valence-electron chi connectivity index (χ1n) is 26.4. The minimum atomic E-state index is -1.93. The predicted octanol–water partition coefficient (Wildman–Crippen LogP) is 3.01. The molecule has 25 heteroatoms. The van der Waals surface area contributed by atoms with E-state index in [1.165, 1.54) is 17.9 Å². The van der Waals surface area contributed by atoms with E-state index in [0.717, 1.165) is 6.07 Å². The second-order valence-corrected chi connectivity index (χ2v) is 21.8. The number of aromatic nitrogens is 1. The summed E-state index contributed by atoms with van der Waals surface area (Å²) in [5.74, 6) is -11.7. The van der Waals surface area contributed by atoms with Crippen molar-refractivity contribution in [2.45, 2.75) is 146 Å². The highest BCUT2D eigenvalue weighted by Crippen LogP contribution is 2.38. The third kappa shape index (κ3) is 14.1. The fourth-order valence-corrected chi connectivity index (χ4v) is 10.7. The Bertz CT molecular complexity index is 2830.